The van der Waals surface area contributed by atoms with Gasteiger partial charge in [-0.05, 0) is 18.2 Å². The van der Waals surface area contributed by atoms with Gasteiger partial charge in [0.25, 0.3) is 0 Å². The summed E-state index contributed by atoms with van der Waals surface area (Å²) in [4.78, 5) is 31.0. The number of fused-ring (bicyclic) bond motifs is 1. The van der Waals surface area contributed by atoms with Gasteiger partial charge in [-0.1, -0.05) is 12.1 Å². The summed E-state index contributed by atoms with van der Waals surface area (Å²) in [5.74, 6) is 0.755. The van der Waals surface area contributed by atoms with Gasteiger partial charge in [-0.2, -0.15) is 0 Å². The van der Waals surface area contributed by atoms with Gasteiger partial charge in [0.1, 0.15) is 0 Å². The van der Waals surface area contributed by atoms with Crippen LogP contribution in [-0.4, -0.2) is 36.2 Å². The Labute approximate surface area is 144 Å². The number of benzene rings is 1. The predicted molar refractivity (Wildman–Crippen MR) is 93.6 cm³/mol. The molecule has 1 aliphatic rings. The summed E-state index contributed by atoms with van der Waals surface area (Å²) >= 11 is 1.53. The SMILES string of the molecule is COc1ccc(NC(=O)CCN2C(=O)CSc3ccccc32)cn1. The van der Waals surface area contributed by atoms with Crippen LogP contribution in [0.25, 0.3) is 0 Å². The second-order valence-corrected chi connectivity index (χ2v) is 6.21. The van der Waals surface area contributed by atoms with E-state index in [-0.39, 0.29) is 18.2 Å². The molecule has 124 valence electrons. The second kappa shape index (κ2) is 7.35. The number of carbonyl (C=O) groups is 2. The van der Waals surface area contributed by atoms with E-state index in [0.717, 1.165) is 10.6 Å². The lowest BCUT2D eigenvalue weighted by Crippen LogP contribution is -2.37. The largest absolute Gasteiger partial charge is 0.481 e. The van der Waals surface area contributed by atoms with Gasteiger partial charge >= 0.3 is 0 Å². The molecular weight excluding hydrogens is 326 g/mol. The summed E-state index contributed by atoms with van der Waals surface area (Å²) in [5, 5.41) is 2.77. The van der Waals surface area contributed by atoms with Crippen LogP contribution in [0.1, 0.15) is 6.42 Å². The van der Waals surface area contributed by atoms with Crippen molar-refractivity contribution < 1.29 is 14.3 Å². The molecule has 0 fully saturated rings. The van der Waals surface area contributed by atoms with Gasteiger partial charge in [0, 0.05) is 23.9 Å². The lowest BCUT2D eigenvalue weighted by Gasteiger charge is -2.28. The Balaban J connectivity index is 1.60. The smallest absolute Gasteiger partial charge is 0.237 e. The number of nitrogens with zero attached hydrogens (tertiary/aromatic N) is 2. The fourth-order valence-electron chi connectivity index (χ4n) is 2.41. The summed E-state index contributed by atoms with van der Waals surface area (Å²) in [7, 11) is 1.53. The van der Waals surface area contributed by atoms with Crippen LogP contribution in [0.15, 0.2) is 47.5 Å². The van der Waals surface area contributed by atoms with Crippen LogP contribution in [-0.2, 0) is 9.59 Å². The van der Waals surface area contributed by atoms with Crippen molar-refractivity contribution in [2.24, 2.45) is 0 Å². The number of thioether (sulfide) groups is 1. The van der Waals surface area contributed by atoms with Gasteiger partial charge in [-0.3, -0.25) is 9.59 Å². The molecule has 2 aromatic rings. The van der Waals surface area contributed by atoms with E-state index in [9.17, 15) is 9.59 Å². The highest BCUT2D eigenvalue weighted by atomic mass is 32.2. The van der Waals surface area contributed by atoms with E-state index in [1.807, 2.05) is 24.3 Å². The highest BCUT2D eigenvalue weighted by molar-refractivity contribution is 8.00. The molecule has 2 heterocycles. The first-order valence-electron chi connectivity index (χ1n) is 7.49. The molecule has 7 heteroatoms. The van der Waals surface area contributed by atoms with E-state index in [1.54, 1.807) is 17.0 Å². The van der Waals surface area contributed by atoms with Crippen molar-refractivity contribution in [2.75, 3.05) is 29.6 Å². The van der Waals surface area contributed by atoms with Crippen LogP contribution < -0.4 is 15.0 Å². The first-order chi connectivity index (χ1) is 11.7. The zero-order valence-corrected chi connectivity index (χ0v) is 14.0. The first kappa shape index (κ1) is 16.3. The summed E-state index contributed by atoms with van der Waals surface area (Å²) in [6.07, 6.45) is 1.76. The zero-order chi connectivity index (χ0) is 16.9. The summed E-state index contributed by atoms with van der Waals surface area (Å²) in [6.45, 7) is 0.353. The van der Waals surface area contributed by atoms with E-state index < -0.39 is 0 Å². The van der Waals surface area contributed by atoms with Crippen LogP contribution in [0.5, 0.6) is 5.88 Å². The third kappa shape index (κ3) is 3.68. The van der Waals surface area contributed by atoms with Gasteiger partial charge in [-0.15, -0.1) is 11.8 Å². The molecule has 1 aliphatic heterocycles. The molecule has 1 N–H and O–H groups in total. The maximum atomic E-state index is 12.1. The number of ether oxygens (including phenoxy) is 1. The molecule has 0 radical (unpaired) electrons. The maximum Gasteiger partial charge on any atom is 0.237 e. The Morgan fingerprint density at radius 1 is 1.33 bits per heavy atom. The number of aromatic nitrogens is 1. The number of amides is 2. The average Bonchev–Trinajstić information content (AvgIpc) is 2.61. The Bertz CT molecular complexity index is 749. The Morgan fingerprint density at radius 2 is 2.17 bits per heavy atom. The van der Waals surface area contributed by atoms with Crippen molar-refractivity contribution in [1.29, 1.82) is 0 Å². The number of hydrogen-bond donors (Lipinski definition) is 1. The van der Waals surface area contributed by atoms with Crippen LogP contribution in [0.2, 0.25) is 0 Å². The highest BCUT2D eigenvalue weighted by Gasteiger charge is 2.24. The monoisotopic (exact) mass is 343 g/mol. The summed E-state index contributed by atoms with van der Waals surface area (Å²) in [5.41, 5.74) is 1.47. The minimum Gasteiger partial charge on any atom is -0.481 e. The second-order valence-electron chi connectivity index (χ2n) is 5.19. The zero-order valence-electron chi connectivity index (χ0n) is 13.2. The molecule has 2 amide bonds. The molecule has 3 rings (SSSR count). The molecule has 1 aromatic carbocycles. The molecule has 0 spiro atoms. The molecule has 6 nitrogen and oxygen atoms in total. The molecule has 0 unspecified atom stereocenters. The number of hydrogen-bond acceptors (Lipinski definition) is 5. The van der Waals surface area contributed by atoms with Crippen molar-refractivity contribution in [1.82, 2.24) is 4.98 Å². The van der Waals surface area contributed by atoms with Crippen molar-refractivity contribution in [2.45, 2.75) is 11.3 Å². The van der Waals surface area contributed by atoms with Crippen molar-refractivity contribution in [3.05, 3.63) is 42.6 Å². The minimum absolute atomic E-state index is 0.0256. The van der Waals surface area contributed by atoms with E-state index in [1.165, 1.54) is 25.1 Å². The van der Waals surface area contributed by atoms with Crippen LogP contribution >= 0.6 is 11.8 Å². The quantitative estimate of drug-likeness (QED) is 0.903. The van der Waals surface area contributed by atoms with Crippen LogP contribution in [0.4, 0.5) is 11.4 Å². The lowest BCUT2D eigenvalue weighted by atomic mass is 10.2. The molecule has 0 atom stereocenters. The highest BCUT2D eigenvalue weighted by Crippen LogP contribution is 2.34. The van der Waals surface area contributed by atoms with Gasteiger partial charge < -0.3 is 15.0 Å². The van der Waals surface area contributed by atoms with Crippen LogP contribution in [0.3, 0.4) is 0 Å². The van der Waals surface area contributed by atoms with E-state index in [4.69, 9.17) is 4.74 Å². The van der Waals surface area contributed by atoms with E-state index in [0.29, 0.717) is 23.9 Å². The maximum absolute atomic E-state index is 12.1. The molecule has 1 aromatic heterocycles. The third-order valence-corrected chi connectivity index (χ3v) is 4.65. The fourth-order valence-corrected chi connectivity index (χ4v) is 3.35. The first-order valence-corrected chi connectivity index (χ1v) is 8.48. The number of para-hydroxylation sites is 1. The number of pyridine rings is 1. The van der Waals surface area contributed by atoms with E-state index >= 15 is 0 Å². The number of methoxy groups -OCH3 is 1. The predicted octanol–water partition coefficient (Wildman–Crippen LogP) is 2.56. The van der Waals surface area contributed by atoms with Gasteiger partial charge in [0.15, 0.2) is 0 Å². The van der Waals surface area contributed by atoms with Gasteiger partial charge in [0.05, 0.1) is 30.4 Å². The van der Waals surface area contributed by atoms with Crippen molar-refractivity contribution in [3.63, 3.8) is 0 Å². The fraction of sp³-hybridized carbons (Fsp3) is 0.235. The molecule has 0 saturated heterocycles. The van der Waals surface area contributed by atoms with E-state index in [2.05, 4.69) is 10.3 Å². The molecule has 24 heavy (non-hydrogen) atoms. The lowest BCUT2D eigenvalue weighted by molar-refractivity contribution is -0.117. The number of nitrogens with one attached hydrogen (secondary N) is 1. The standard InChI is InChI=1S/C17H17N3O3S/c1-23-16-7-6-12(10-18-16)19-15(21)8-9-20-13-4-2-3-5-14(13)24-11-17(20)22/h2-7,10H,8-9,11H2,1H3,(H,19,21). The molecule has 0 bridgehead atoms. The number of carbonyl (C=O) groups excluding carboxylic acids is 2. The normalized spacial score (nSPS) is 13.4. The van der Waals surface area contributed by atoms with Gasteiger partial charge in [0.2, 0.25) is 17.7 Å². The Morgan fingerprint density at radius 3 is 2.92 bits per heavy atom. The molecule has 0 saturated carbocycles. The van der Waals surface area contributed by atoms with Crippen LogP contribution in [0, 0.1) is 0 Å². The topological polar surface area (TPSA) is 71.5 Å². The van der Waals surface area contributed by atoms with Crippen molar-refractivity contribution >= 4 is 35.0 Å². The Hall–Kier alpha value is -2.54. The summed E-state index contributed by atoms with van der Waals surface area (Å²) < 4.78 is 4.98. The summed E-state index contributed by atoms with van der Waals surface area (Å²) in [6, 6.07) is 11.1. The molecule has 0 aliphatic carbocycles. The van der Waals surface area contributed by atoms with Crippen molar-refractivity contribution in [3.8, 4) is 5.88 Å². The minimum atomic E-state index is -0.162. The third-order valence-electron chi connectivity index (χ3n) is 3.60. The molecular formula is C17H17N3O3S. The van der Waals surface area contributed by atoms with Gasteiger partial charge in [-0.25, -0.2) is 4.98 Å². The Kier molecular flexibility index (Phi) is 5.00. The number of anilines is 2. The number of rotatable bonds is 5. The average molecular weight is 343 g/mol.